The molecule has 4 heteroatoms. The number of halogens is 1. The summed E-state index contributed by atoms with van der Waals surface area (Å²) in [5, 5.41) is 0. The van der Waals surface area contributed by atoms with Crippen LogP contribution in [-0.2, 0) is 10.8 Å². The zero-order valence-electron chi connectivity index (χ0n) is 6.08. The fraction of sp³-hybridized carbons (Fsp3) is 0.286. The molecule has 0 spiro atoms. The molecule has 0 N–H and O–H groups in total. The van der Waals surface area contributed by atoms with Crippen molar-refractivity contribution in [2.75, 3.05) is 6.26 Å². The Bertz CT molecular complexity index is 231. The van der Waals surface area contributed by atoms with E-state index in [2.05, 4.69) is 4.98 Å². The molecule has 0 saturated carbocycles. The third-order valence-corrected chi connectivity index (χ3v) is 1.50. The van der Waals surface area contributed by atoms with Gasteiger partial charge in [-0.25, -0.2) is 4.39 Å². The highest BCUT2D eigenvalue weighted by Gasteiger charge is 2.00. The molecule has 0 fully saturated rings. The molecule has 0 saturated heterocycles. The second-order valence-corrected chi connectivity index (χ2v) is 2.43. The average molecular weight is 173 g/mol. The summed E-state index contributed by atoms with van der Waals surface area (Å²) in [4.78, 5) is 3.80. The van der Waals surface area contributed by atoms with Gasteiger partial charge in [0, 0.05) is 12.5 Å². The molecule has 1 aromatic heterocycles. The molecule has 1 rings (SSSR count). The summed E-state index contributed by atoms with van der Waals surface area (Å²) in [6, 6.07) is 2.92. The van der Waals surface area contributed by atoms with Crippen molar-refractivity contribution in [3.05, 3.63) is 29.8 Å². The number of nitrogens with zero attached hydrogens (tertiary/aromatic N) is 1. The molecule has 0 aliphatic rings. The zero-order chi connectivity index (χ0) is 8.10. The Kier molecular flexibility index (Phi) is 3.32. The van der Waals surface area contributed by atoms with Crippen LogP contribution in [0.15, 0.2) is 18.3 Å². The minimum atomic E-state index is -0.318. The molecule has 2 nitrogen and oxygen atoms in total. The molecule has 0 bridgehead atoms. The summed E-state index contributed by atoms with van der Waals surface area (Å²) in [6.45, 7) is 0.216. The highest BCUT2D eigenvalue weighted by Crippen LogP contribution is 2.07. The van der Waals surface area contributed by atoms with Gasteiger partial charge in [0.25, 0.3) is 0 Å². The first-order valence-corrected chi connectivity index (χ1v) is 4.24. The zero-order valence-corrected chi connectivity index (χ0v) is 6.90. The van der Waals surface area contributed by atoms with Crippen LogP contribution < -0.4 is 0 Å². The van der Waals surface area contributed by atoms with Crippen molar-refractivity contribution in [3.8, 4) is 0 Å². The Morgan fingerprint density at radius 3 is 3.18 bits per heavy atom. The van der Waals surface area contributed by atoms with Crippen LogP contribution in [-0.4, -0.2) is 11.2 Å². The Morgan fingerprint density at radius 2 is 2.55 bits per heavy atom. The summed E-state index contributed by atoms with van der Waals surface area (Å²) in [7, 11) is 0. The van der Waals surface area contributed by atoms with Crippen LogP contribution in [0, 0.1) is 5.82 Å². The highest BCUT2D eigenvalue weighted by atomic mass is 32.2. The lowest BCUT2D eigenvalue weighted by Crippen LogP contribution is -1.94. The summed E-state index contributed by atoms with van der Waals surface area (Å²) in [5.74, 6) is -0.318. The third kappa shape index (κ3) is 2.48. The van der Waals surface area contributed by atoms with E-state index in [1.54, 1.807) is 18.5 Å². The largest absolute Gasteiger partial charge is 0.309 e. The van der Waals surface area contributed by atoms with Gasteiger partial charge in [0.15, 0.2) is 0 Å². The first kappa shape index (κ1) is 8.49. The second-order valence-electron chi connectivity index (χ2n) is 1.86. The third-order valence-electron chi connectivity index (χ3n) is 1.15. The Labute approximate surface area is 69.0 Å². The van der Waals surface area contributed by atoms with Gasteiger partial charge in [0.1, 0.15) is 18.1 Å². The van der Waals surface area contributed by atoms with Gasteiger partial charge in [-0.3, -0.25) is 4.98 Å². The standard InChI is InChI=1S/C7H8FNOS/c1-11-10-5-7-6(8)3-2-4-9-7/h2-4H,5H2,1H3. The second kappa shape index (κ2) is 4.31. The topological polar surface area (TPSA) is 22.1 Å². The minimum Gasteiger partial charge on any atom is -0.309 e. The number of rotatable bonds is 3. The van der Waals surface area contributed by atoms with Crippen molar-refractivity contribution in [1.29, 1.82) is 0 Å². The lowest BCUT2D eigenvalue weighted by molar-refractivity contribution is 0.349. The smallest absolute Gasteiger partial charge is 0.147 e. The van der Waals surface area contributed by atoms with Crippen LogP contribution in [0.2, 0.25) is 0 Å². The van der Waals surface area contributed by atoms with Crippen molar-refractivity contribution in [3.63, 3.8) is 0 Å². The Morgan fingerprint density at radius 1 is 1.73 bits per heavy atom. The van der Waals surface area contributed by atoms with Crippen molar-refractivity contribution in [2.45, 2.75) is 6.61 Å². The van der Waals surface area contributed by atoms with E-state index in [0.717, 1.165) is 0 Å². The van der Waals surface area contributed by atoms with Crippen molar-refractivity contribution >= 4 is 12.0 Å². The first-order chi connectivity index (χ1) is 5.34. The van der Waals surface area contributed by atoms with E-state index in [4.69, 9.17) is 4.18 Å². The van der Waals surface area contributed by atoms with E-state index < -0.39 is 0 Å². The lowest BCUT2D eigenvalue weighted by atomic mass is 10.3. The fourth-order valence-corrected chi connectivity index (χ4v) is 0.869. The maximum atomic E-state index is 12.8. The normalized spacial score (nSPS) is 10.0. The average Bonchev–Trinajstić information content (AvgIpc) is 2.03. The summed E-state index contributed by atoms with van der Waals surface area (Å²) in [5.41, 5.74) is 0.349. The first-order valence-electron chi connectivity index (χ1n) is 3.09. The van der Waals surface area contributed by atoms with Crippen LogP contribution in [0.4, 0.5) is 4.39 Å². The minimum absolute atomic E-state index is 0.216. The number of aromatic nitrogens is 1. The number of hydrogen-bond acceptors (Lipinski definition) is 3. The molecule has 1 heterocycles. The molecule has 0 amide bonds. The maximum Gasteiger partial charge on any atom is 0.147 e. The lowest BCUT2D eigenvalue weighted by Gasteiger charge is -1.99. The van der Waals surface area contributed by atoms with Crippen LogP contribution in [0.5, 0.6) is 0 Å². The maximum absolute atomic E-state index is 12.8. The summed E-state index contributed by atoms with van der Waals surface area (Å²) in [6.07, 6.45) is 3.32. The Hall–Kier alpha value is -0.610. The van der Waals surface area contributed by atoms with Gasteiger partial charge in [-0.1, -0.05) is 0 Å². The predicted octanol–water partition coefficient (Wildman–Crippen LogP) is 2.02. The van der Waals surface area contributed by atoms with E-state index >= 15 is 0 Å². The number of hydrogen-bond donors (Lipinski definition) is 0. The monoisotopic (exact) mass is 173 g/mol. The van der Waals surface area contributed by atoms with Crippen molar-refractivity contribution in [2.24, 2.45) is 0 Å². The van der Waals surface area contributed by atoms with Crippen LogP contribution >= 0.6 is 12.0 Å². The van der Waals surface area contributed by atoms with Crippen LogP contribution in [0.3, 0.4) is 0 Å². The molecule has 0 aliphatic carbocycles. The molecule has 1 aromatic rings. The molecule has 0 atom stereocenters. The van der Waals surface area contributed by atoms with E-state index in [0.29, 0.717) is 5.69 Å². The van der Waals surface area contributed by atoms with Crippen molar-refractivity contribution < 1.29 is 8.57 Å². The van der Waals surface area contributed by atoms with Gasteiger partial charge >= 0.3 is 0 Å². The molecule has 0 aromatic carbocycles. The van der Waals surface area contributed by atoms with Crippen LogP contribution in [0.25, 0.3) is 0 Å². The molecule has 11 heavy (non-hydrogen) atoms. The van der Waals surface area contributed by atoms with Gasteiger partial charge in [0.05, 0.1) is 0 Å². The Balaban J connectivity index is 2.62. The number of pyridine rings is 1. The molecular formula is C7H8FNOS. The predicted molar refractivity (Wildman–Crippen MR) is 42.5 cm³/mol. The molecule has 60 valence electrons. The molecule has 0 radical (unpaired) electrons. The fourth-order valence-electron chi connectivity index (χ4n) is 0.639. The van der Waals surface area contributed by atoms with E-state index in [-0.39, 0.29) is 12.4 Å². The SMILES string of the molecule is CSOCc1ncccc1F. The van der Waals surface area contributed by atoms with Gasteiger partial charge in [-0.2, -0.15) is 0 Å². The van der Waals surface area contributed by atoms with Gasteiger partial charge < -0.3 is 4.18 Å². The molecule has 0 aliphatic heterocycles. The molecule has 0 unspecified atom stereocenters. The van der Waals surface area contributed by atoms with Gasteiger partial charge in [-0.15, -0.1) is 0 Å². The van der Waals surface area contributed by atoms with E-state index in [1.807, 2.05) is 0 Å². The summed E-state index contributed by atoms with van der Waals surface area (Å²) < 4.78 is 17.7. The quantitative estimate of drug-likeness (QED) is 0.653. The van der Waals surface area contributed by atoms with Crippen LogP contribution in [0.1, 0.15) is 5.69 Å². The van der Waals surface area contributed by atoms with Gasteiger partial charge in [-0.05, 0) is 24.2 Å². The van der Waals surface area contributed by atoms with E-state index in [1.165, 1.54) is 18.1 Å². The highest BCUT2D eigenvalue weighted by molar-refractivity contribution is 7.93. The van der Waals surface area contributed by atoms with Crippen molar-refractivity contribution in [1.82, 2.24) is 4.98 Å². The van der Waals surface area contributed by atoms with Gasteiger partial charge in [0.2, 0.25) is 0 Å². The summed E-state index contributed by atoms with van der Waals surface area (Å²) >= 11 is 1.20. The molecular weight excluding hydrogens is 165 g/mol. The van der Waals surface area contributed by atoms with E-state index in [9.17, 15) is 4.39 Å².